The summed E-state index contributed by atoms with van der Waals surface area (Å²) < 4.78 is 61.0. The topological polar surface area (TPSA) is 61.9 Å². The van der Waals surface area contributed by atoms with E-state index in [4.69, 9.17) is 0 Å². The quantitative estimate of drug-likeness (QED) is 0.821. The molecule has 0 aliphatic carbocycles. The average molecular weight is 258 g/mol. The maximum atomic E-state index is 12.6. The Morgan fingerprint density at radius 1 is 1.41 bits per heavy atom. The molecular weight excluding hydrogens is 251 g/mol. The van der Waals surface area contributed by atoms with Gasteiger partial charge in [-0.15, -0.1) is 0 Å². The number of nitrogens with zero attached hydrogens (tertiary/aromatic N) is 3. The van der Waals surface area contributed by atoms with Gasteiger partial charge < -0.3 is 4.90 Å². The molecule has 1 amide bonds. The third kappa shape index (κ3) is 2.68. The molecule has 0 unspecified atom stereocenters. The Balaban J connectivity index is 2.76. The van der Waals surface area contributed by atoms with Crippen molar-refractivity contribution in [2.75, 3.05) is 7.05 Å². The summed E-state index contributed by atoms with van der Waals surface area (Å²) in [6.45, 7) is -0.523. The van der Waals surface area contributed by atoms with E-state index < -0.39 is 24.6 Å². The number of hydrogen-bond donors (Lipinski definition) is 1. The third-order valence-corrected chi connectivity index (χ3v) is 1.82. The van der Waals surface area contributed by atoms with Gasteiger partial charge in [0.25, 0.3) is 0 Å². The highest BCUT2D eigenvalue weighted by Gasteiger charge is 2.64. The predicted octanol–water partition coefficient (Wildman–Crippen LogP) is 0.961. The smallest absolute Gasteiger partial charge is 0.333 e. The molecule has 1 N–H and O–H groups in total. The fourth-order valence-corrected chi connectivity index (χ4v) is 0.964. The Hall–Kier alpha value is -1.74. The molecule has 1 aromatic heterocycles. The van der Waals surface area contributed by atoms with Gasteiger partial charge in [-0.3, -0.25) is 9.89 Å². The zero-order valence-corrected chi connectivity index (χ0v) is 8.42. The minimum Gasteiger partial charge on any atom is -0.333 e. The van der Waals surface area contributed by atoms with E-state index >= 15 is 0 Å². The fraction of sp³-hybridized carbons (Fsp3) is 0.571. The molecule has 0 bridgehead atoms. The lowest BCUT2D eigenvalue weighted by Gasteiger charge is -2.24. The van der Waals surface area contributed by atoms with Crippen LogP contribution in [-0.2, 0) is 11.3 Å². The van der Waals surface area contributed by atoms with Crippen molar-refractivity contribution in [1.29, 1.82) is 0 Å². The first kappa shape index (κ1) is 13.3. The van der Waals surface area contributed by atoms with E-state index in [9.17, 15) is 26.7 Å². The molecule has 5 nitrogen and oxygen atoms in total. The number of hydrogen-bond acceptors (Lipinski definition) is 3. The molecule has 0 aliphatic heterocycles. The summed E-state index contributed by atoms with van der Waals surface area (Å²) in [6, 6.07) is 0. The van der Waals surface area contributed by atoms with Crippen LogP contribution in [0.25, 0.3) is 0 Å². The molecule has 1 aromatic rings. The van der Waals surface area contributed by atoms with Gasteiger partial charge in [-0.2, -0.15) is 27.1 Å². The number of H-pyrrole nitrogens is 1. The highest BCUT2D eigenvalue weighted by molar-refractivity contribution is 5.84. The van der Waals surface area contributed by atoms with E-state index in [1.807, 2.05) is 0 Å². The summed E-state index contributed by atoms with van der Waals surface area (Å²) in [5.41, 5.74) is 0. The second-order valence-electron chi connectivity index (χ2n) is 3.17. The van der Waals surface area contributed by atoms with Gasteiger partial charge in [-0.1, -0.05) is 0 Å². The van der Waals surface area contributed by atoms with Crippen molar-refractivity contribution in [1.82, 2.24) is 20.1 Å². The zero-order valence-electron chi connectivity index (χ0n) is 8.42. The van der Waals surface area contributed by atoms with Crippen LogP contribution in [0.1, 0.15) is 5.82 Å². The summed E-state index contributed by atoms with van der Waals surface area (Å²) in [6.07, 6.45) is -4.88. The molecule has 10 heteroatoms. The van der Waals surface area contributed by atoms with Crippen LogP contribution < -0.4 is 0 Å². The molecule has 0 spiro atoms. The van der Waals surface area contributed by atoms with Gasteiger partial charge >= 0.3 is 18.0 Å². The molecule has 0 aliphatic rings. The number of aromatic amines is 1. The monoisotopic (exact) mass is 258 g/mol. The fourth-order valence-electron chi connectivity index (χ4n) is 0.964. The van der Waals surface area contributed by atoms with Gasteiger partial charge in [0.05, 0.1) is 6.54 Å². The molecule has 1 heterocycles. The van der Waals surface area contributed by atoms with E-state index in [0.717, 1.165) is 13.4 Å². The molecule has 1 rings (SSSR count). The van der Waals surface area contributed by atoms with Gasteiger partial charge in [0.2, 0.25) is 0 Å². The van der Waals surface area contributed by atoms with E-state index in [0.29, 0.717) is 0 Å². The Morgan fingerprint density at radius 2 is 2.00 bits per heavy atom. The average Bonchev–Trinajstić information content (AvgIpc) is 2.67. The maximum Gasteiger partial charge on any atom is 0.463 e. The summed E-state index contributed by atoms with van der Waals surface area (Å²) in [5.74, 6) is -7.76. The summed E-state index contributed by atoms with van der Waals surface area (Å²) in [5, 5.41) is 5.59. The van der Waals surface area contributed by atoms with Crippen LogP contribution in [0.4, 0.5) is 22.0 Å². The van der Waals surface area contributed by atoms with Crippen LogP contribution >= 0.6 is 0 Å². The predicted molar refractivity (Wildman–Crippen MR) is 43.9 cm³/mol. The number of halogens is 5. The normalized spacial score (nSPS) is 12.6. The summed E-state index contributed by atoms with van der Waals surface area (Å²) >= 11 is 0. The number of alkyl halides is 5. The van der Waals surface area contributed by atoms with Crippen LogP contribution in [0.3, 0.4) is 0 Å². The van der Waals surface area contributed by atoms with Gasteiger partial charge in [-0.25, -0.2) is 4.98 Å². The zero-order chi connectivity index (χ0) is 13.3. The van der Waals surface area contributed by atoms with E-state index in [1.54, 1.807) is 0 Å². The minimum absolute atomic E-state index is 0.00109. The van der Waals surface area contributed by atoms with Crippen molar-refractivity contribution in [3.63, 3.8) is 0 Å². The van der Waals surface area contributed by atoms with Crippen molar-refractivity contribution in [2.45, 2.75) is 18.6 Å². The highest BCUT2D eigenvalue weighted by Crippen LogP contribution is 2.36. The number of carbonyl (C=O) groups is 1. The van der Waals surface area contributed by atoms with E-state index in [2.05, 4.69) is 15.2 Å². The molecule has 0 radical (unpaired) electrons. The second kappa shape index (κ2) is 4.26. The van der Waals surface area contributed by atoms with Crippen molar-refractivity contribution in [2.24, 2.45) is 0 Å². The van der Waals surface area contributed by atoms with Crippen LogP contribution in [-0.4, -0.2) is 45.1 Å². The first-order valence-electron chi connectivity index (χ1n) is 4.20. The maximum absolute atomic E-state index is 12.6. The number of aromatic nitrogens is 3. The van der Waals surface area contributed by atoms with Crippen LogP contribution in [0.15, 0.2) is 6.33 Å². The Labute approximate surface area is 91.6 Å². The molecule has 0 saturated heterocycles. The van der Waals surface area contributed by atoms with Gasteiger partial charge in [0, 0.05) is 7.05 Å². The molecular formula is C7H7F5N4O. The lowest BCUT2D eigenvalue weighted by molar-refractivity contribution is -0.274. The van der Waals surface area contributed by atoms with E-state index in [-0.39, 0.29) is 10.7 Å². The van der Waals surface area contributed by atoms with Crippen molar-refractivity contribution in [3.8, 4) is 0 Å². The summed E-state index contributed by atoms with van der Waals surface area (Å²) in [4.78, 5) is 14.6. The lowest BCUT2D eigenvalue weighted by atomic mass is 10.3. The molecule has 0 saturated carbocycles. The van der Waals surface area contributed by atoms with Crippen molar-refractivity contribution >= 4 is 5.91 Å². The second-order valence-corrected chi connectivity index (χ2v) is 3.17. The Bertz CT molecular complexity index is 387. The molecule has 96 valence electrons. The number of nitrogens with one attached hydrogen (secondary N) is 1. The molecule has 0 atom stereocenters. The van der Waals surface area contributed by atoms with E-state index in [1.165, 1.54) is 0 Å². The Morgan fingerprint density at radius 3 is 2.41 bits per heavy atom. The van der Waals surface area contributed by atoms with Crippen LogP contribution in [0, 0.1) is 0 Å². The van der Waals surface area contributed by atoms with Gasteiger partial charge in [0.1, 0.15) is 12.2 Å². The van der Waals surface area contributed by atoms with Crippen molar-refractivity contribution in [3.05, 3.63) is 12.2 Å². The number of rotatable bonds is 3. The standard InChI is InChI=1S/C7H7F5N4O/c1-16(2-4-13-3-14-15-4)5(17)6(8,9)7(10,11)12/h3H,2H2,1H3,(H,13,14,15). The number of amides is 1. The van der Waals surface area contributed by atoms with Gasteiger partial charge in [0.15, 0.2) is 0 Å². The minimum atomic E-state index is -5.92. The van der Waals surface area contributed by atoms with Gasteiger partial charge in [-0.05, 0) is 0 Å². The molecule has 17 heavy (non-hydrogen) atoms. The summed E-state index contributed by atoms with van der Waals surface area (Å²) in [7, 11) is 0.810. The first-order valence-corrected chi connectivity index (χ1v) is 4.20. The lowest BCUT2D eigenvalue weighted by Crippen LogP contribution is -2.50. The highest BCUT2D eigenvalue weighted by atomic mass is 19.4. The number of carbonyl (C=O) groups excluding carboxylic acids is 1. The SMILES string of the molecule is CN(Cc1ncn[nH]1)C(=O)C(F)(F)C(F)(F)F. The largest absolute Gasteiger partial charge is 0.463 e. The van der Waals surface area contributed by atoms with Crippen LogP contribution in [0.5, 0.6) is 0 Å². The third-order valence-electron chi connectivity index (χ3n) is 1.82. The van der Waals surface area contributed by atoms with Crippen LogP contribution in [0.2, 0.25) is 0 Å². The first-order chi connectivity index (χ1) is 7.66. The molecule has 0 fully saturated rings. The molecule has 0 aromatic carbocycles. The Kier molecular flexibility index (Phi) is 3.34. The van der Waals surface area contributed by atoms with Crippen molar-refractivity contribution < 1.29 is 26.7 Å².